The van der Waals surface area contributed by atoms with Gasteiger partial charge < -0.3 is 9.45 Å². The summed E-state index contributed by atoms with van der Waals surface area (Å²) in [6.07, 6.45) is 8.11. The van der Waals surface area contributed by atoms with Crippen molar-refractivity contribution < 1.29 is 60.1 Å². The van der Waals surface area contributed by atoms with Gasteiger partial charge in [0.25, 0.3) is 10.1 Å². The first kappa shape index (κ1) is 38.5. The van der Waals surface area contributed by atoms with Crippen LogP contribution in [-0.4, -0.2) is 49.3 Å². The second-order valence-corrected chi connectivity index (χ2v) is 14.4. The zero-order valence-corrected chi connectivity index (χ0v) is 31.8. The summed E-state index contributed by atoms with van der Waals surface area (Å²) < 4.78 is 69.5. The fourth-order valence-electron chi connectivity index (χ4n) is 5.64. The van der Waals surface area contributed by atoms with Crippen LogP contribution in [0.2, 0.25) is 5.02 Å². The van der Waals surface area contributed by atoms with Gasteiger partial charge in [0.2, 0.25) is 0 Å². The number of benzene rings is 4. The number of hydrogen-bond acceptors (Lipinski definition) is 6. The summed E-state index contributed by atoms with van der Waals surface area (Å²) in [5, 5.41) is 0.609. The average Bonchev–Trinajstić information content (AvgIpc) is 3.07. The minimum atomic E-state index is -4.55. The van der Waals surface area contributed by atoms with Gasteiger partial charge >= 0.3 is 29.6 Å². The molecule has 5 rings (SSSR count). The summed E-state index contributed by atoms with van der Waals surface area (Å²) in [5.74, 6) is 0. The quantitative estimate of drug-likeness (QED) is 0.141. The minimum Gasteiger partial charge on any atom is -0.744 e. The molecule has 248 valence electrons. The van der Waals surface area contributed by atoms with Crippen molar-refractivity contribution in [3.05, 3.63) is 154 Å². The van der Waals surface area contributed by atoms with Crippen LogP contribution >= 0.6 is 11.6 Å². The molecule has 0 spiro atoms. The third kappa shape index (κ3) is 9.68. The number of hydrogen-bond donors (Lipinski definition) is 1. The van der Waals surface area contributed by atoms with E-state index in [9.17, 15) is 25.9 Å². The fourth-order valence-corrected chi connectivity index (χ4v) is 6.96. The maximum atomic E-state index is 11.7. The molecule has 0 bridgehead atoms. The third-order valence-corrected chi connectivity index (χ3v) is 10.1. The van der Waals surface area contributed by atoms with Crippen molar-refractivity contribution in [1.29, 1.82) is 0 Å². The molecule has 0 aliphatic heterocycles. The van der Waals surface area contributed by atoms with E-state index in [0.717, 1.165) is 39.2 Å². The molecule has 1 aliphatic carbocycles. The average molecular weight is 726 g/mol. The van der Waals surface area contributed by atoms with Crippen LogP contribution in [0.3, 0.4) is 0 Å². The molecule has 8 nitrogen and oxygen atoms in total. The summed E-state index contributed by atoms with van der Waals surface area (Å²) in [6.45, 7) is 6.23. The first-order valence-electron chi connectivity index (χ1n) is 15.3. The van der Waals surface area contributed by atoms with Crippen molar-refractivity contribution in [2.75, 3.05) is 18.0 Å². The Balaban J connectivity index is 0.00000541. The molecule has 1 aliphatic rings. The van der Waals surface area contributed by atoms with Gasteiger partial charge in [0.1, 0.15) is 16.7 Å². The largest absolute Gasteiger partial charge is 1.00 e. The second-order valence-electron chi connectivity index (χ2n) is 11.2. The van der Waals surface area contributed by atoms with Crippen LogP contribution in [0.5, 0.6) is 0 Å². The molecule has 4 aromatic rings. The van der Waals surface area contributed by atoms with E-state index in [-0.39, 0.29) is 39.3 Å². The molecule has 4 aromatic carbocycles. The number of allylic oxidation sites excluding steroid dienone is 5. The standard InChI is InChI=1S/C37H35ClN2O6S2.Na/c1-3-39(25-27-9-7-11-33(23-27)47(41,42)43)31-19-15-29(16-20-31)37(35-13-5-6-14-36(35)38)30-17-21-32(22-18-30)40(4-2)26-28-10-8-12-34(24-28)48(44,45)46;/h5-24H,3-4,25-26H2,1-2H3,(H-,41,42,43,44,45,46);/q;+1. The number of anilines is 1. The summed E-state index contributed by atoms with van der Waals surface area (Å²) in [6, 6.07) is 28.1. The fraction of sp³-hybridized carbons (Fsp3) is 0.162. The summed E-state index contributed by atoms with van der Waals surface area (Å²) in [5.41, 5.74) is 7.06. The van der Waals surface area contributed by atoms with Crippen molar-refractivity contribution in [2.45, 2.75) is 36.7 Å². The van der Waals surface area contributed by atoms with Gasteiger partial charge in [0, 0.05) is 47.1 Å². The Kier molecular flexibility index (Phi) is 13.0. The normalized spacial score (nSPS) is 12.8. The molecule has 0 saturated heterocycles. The Hall–Kier alpha value is -3.32. The van der Waals surface area contributed by atoms with Gasteiger partial charge in [-0.05, 0) is 90.7 Å². The Morgan fingerprint density at radius 2 is 1.41 bits per heavy atom. The van der Waals surface area contributed by atoms with E-state index in [0.29, 0.717) is 36.8 Å². The Morgan fingerprint density at radius 1 is 0.796 bits per heavy atom. The molecular formula is C37H35ClN2NaO6S2+. The molecule has 1 N–H and O–H groups in total. The molecule has 0 saturated carbocycles. The molecule has 0 fully saturated rings. The van der Waals surface area contributed by atoms with Gasteiger partial charge in [-0.15, -0.1) is 0 Å². The van der Waals surface area contributed by atoms with Gasteiger partial charge in [0.15, 0.2) is 12.3 Å². The Bertz CT molecular complexity index is 2160. The van der Waals surface area contributed by atoms with Crippen molar-refractivity contribution in [2.24, 2.45) is 0 Å². The Morgan fingerprint density at radius 3 is 2.00 bits per heavy atom. The molecule has 12 heteroatoms. The summed E-state index contributed by atoms with van der Waals surface area (Å²) >= 11 is 6.73. The number of rotatable bonds is 11. The van der Waals surface area contributed by atoms with Crippen LogP contribution in [0.15, 0.2) is 137 Å². The maximum Gasteiger partial charge on any atom is 1.00 e. The van der Waals surface area contributed by atoms with Crippen molar-refractivity contribution in [1.82, 2.24) is 0 Å². The van der Waals surface area contributed by atoms with Crippen LogP contribution in [0.1, 0.15) is 36.1 Å². The first-order valence-corrected chi connectivity index (χ1v) is 18.5. The summed E-state index contributed by atoms with van der Waals surface area (Å²) in [7, 11) is -8.85. The predicted molar refractivity (Wildman–Crippen MR) is 189 cm³/mol. The zero-order valence-electron chi connectivity index (χ0n) is 27.5. The predicted octanol–water partition coefficient (Wildman–Crippen LogP) is 4.12. The van der Waals surface area contributed by atoms with E-state index in [4.69, 9.17) is 11.6 Å². The van der Waals surface area contributed by atoms with Gasteiger partial charge in [-0.1, -0.05) is 66.2 Å². The smallest absolute Gasteiger partial charge is 0.744 e. The molecular weight excluding hydrogens is 691 g/mol. The first-order chi connectivity index (χ1) is 22.9. The van der Waals surface area contributed by atoms with Crippen LogP contribution in [0, 0.1) is 0 Å². The van der Waals surface area contributed by atoms with E-state index in [1.807, 2.05) is 92.7 Å². The van der Waals surface area contributed by atoms with E-state index in [1.54, 1.807) is 18.2 Å². The summed E-state index contributed by atoms with van der Waals surface area (Å²) in [4.78, 5) is 1.71. The van der Waals surface area contributed by atoms with E-state index in [2.05, 4.69) is 9.48 Å². The van der Waals surface area contributed by atoms with Gasteiger partial charge in [-0.25, -0.2) is 13.0 Å². The van der Waals surface area contributed by atoms with Crippen molar-refractivity contribution in [3.8, 4) is 0 Å². The molecule has 0 heterocycles. The van der Waals surface area contributed by atoms with Gasteiger partial charge in [0.05, 0.1) is 9.79 Å². The molecule has 0 unspecified atom stereocenters. The van der Waals surface area contributed by atoms with E-state index < -0.39 is 20.2 Å². The van der Waals surface area contributed by atoms with Crippen molar-refractivity contribution >= 4 is 48.8 Å². The van der Waals surface area contributed by atoms with Crippen molar-refractivity contribution in [3.63, 3.8) is 0 Å². The molecule has 49 heavy (non-hydrogen) atoms. The van der Waals surface area contributed by atoms with Crippen LogP contribution in [0.4, 0.5) is 5.69 Å². The van der Waals surface area contributed by atoms with E-state index >= 15 is 0 Å². The monoisotopic (exact) mass is 725 g/mol. The number of halogens is 1. The molecule has 0 radical (unpaired) electrons. The number of nitrogens with zero attached hydrogens (tertiary/aromatic N) is 2. The second kappa shape index (κ2) is 16.6. The SMILES string of the molecule is CCN(Cc1cccc(S(=O)(=O)[O-])c1)c1ccc(C(=C2C=CC(=[N+](CC)Cc3cccc(S(=O)(=O)O)c3)C=C2)c2ccccc2Cl)cc1.[Na+]. The van der Waals surface area contributed by atoms with Crippen LogP contribution in [0.25, 0.3) is 5.57 Å². The molecule has 0 atom stereocenters. The molecule has 0 aromatic heterocycles. The van der Waals surface area contributed by atoms with Crippen LogP contribution in [-0.2, 0) is 33.3 Å². The zero-order chi connectivity index (χ0) is 34.5. The molecule has 0 amide bonds. The van der Waals surface area contributed by atoms with E-state index in [1.165, 1.54) is 24.3 Å². The minimum absolute atomic E-state index is 0. The topological polar surface area (TPSA) is 118 Å². The van der Waals surface area contributed by atoms with Gasteiger partial charge in [-0.2, -0.15) is 8.42 Å². The van der Waals surface area contributed by atoms with Crippen LogP contribution < -0.4 is 34.5 Å². The van der Waals surface area contributed by atoms with Gasteiger partial charge in [-0.3, -0.25) is 4.55 Å². The Labute approximate surface area is 315 Å². The maximum absolute atomic E-state index is 11.7. The third-order valence-electron chi connectivity index (χ3n) is 8.08.